The summed E-state index contributed by atoms with van der Waals surface area (Å²) < 4.78 is 0. The molecule has 179 valence electrons. The van der Waals surface area contributed by atoms with E-state index in [0.717, 1.165) is 55.7 Å². The van der Waals surface area contributed by atoms with Crippen molar-refractivity contribution >= 4 is 16.7 Å². The molecule has 3 nitrogen and oxygen atoms in total. The molecule has 0 aliphatic heterocycles. The number of nitrogens with zero attached hydrogens (tertiary/aromatic N) is 2. The van der Waals surface area contributed by atoms with Crippen LogP contribution in [-0.2, 0) is 20.1 Å². The number of carbonyl (C=O) groups is 1. The number of benzene rings is 4. The Hall–Kier alpha value is -4.24. The van der Waals surface area contributed by atoms with Gasteiger partial charge in [0.25, 0.3) is 0 Å². The molecule has 1 aliphatic carbocycles. The minimum absolute atomic E-state index is 0. The summed E-state index contributed by atoms with van der Waals surface area (Å²) in [5.74, 6) is 0.0800. The number of ketones is 1. The van der Waals surface area contributed by atoms with Gasteiger partial charge >= 0.3 is 0 Å². The van der Waals surface area contributed by atoms with E-state index >= 15 is 0 Å². The SMILES string of the molecule is O=C1c2ccccc2-c2c(-c3[c-]cccc3)nc3ccccc3c21.[Ir].[c-]1ccccc1-c1ccccn1. The molecule has 0 atom stereocenters. The molecule has 0 saturated carbocycles. The summed E-state index contributed by atoms with van der Waals surface area (Å²) in [7, 11) is 0. The first kappa shape index (κ1) is 24.5. The maximum Gasteiger partial charge on any atom is 0.194 e. The summed E-state index contributed by atoms with van der Waals surface area (Å²) in [6.45, 7) is 0. The molecule has 7 rings (SSSR count). The van der Waals surface area contributed by atoms with Crippen LogP contribution in [0.4, 0.5) is 0 Å². The number of aromatic nitrogens is 2. The van der Waals surface area contributed by atoms with Gasteiger partial charge in [0.1, 0.15) is 0 Å². The Morgan fingerprint density at radius 2 is 1.24 bits per heavy atom. The van der Waals surface area contributed by atoms with Crippen molar-refractivity contribution < 1.29 is 24.9 Å². The number of rotatable bonds is 2. The largest absolute Gasteiger partial charge is 0.305 e. The summed E-state index contributed by atoms with van der Waals surface area (Å²) in [5.41, 5.74) is 7.98. The van der Waals surface area contributed by atoms with Crippen LogP contribution >= 0.6 is 0 Å². The first-order valence-corrected chi connectivity index (χ1v) is 11.7. The van der Waals surface area contributed by atoms with Crippen LogP contribution in [0, 0.1) is 12.1 Å². The summed E-state index contributed by atoms with van der Waals surface area (Å²) in [4.78, 5) is 22.1. The molecule has 6 aromatic rings. The molecule has 0 saturated heterocycles. The molecule has 0 bridgehead atoms. The summed E-state index contributed by atoms with van der Waals surface area (Å²) in [5, 5.41) is 0.911. The molecule has 4 heteroatoms. The Labute approximate surface area is 229 Å². The van der Waals surface area contributed by atoms with Crippen molar-refractivity contribution in [3.8, 4) is 33.6 Å². The first-order chi connectivity index (χ1) is 17.8. The maximum absolute atomic E-state index is 13.0. The molecule has 1 radical (unpaired) electrons. The standard InChI is InChI=1S/C22H12NO.C11H8N.Ir/c24-22-16-11-5-4-10-15(16)19-20(22)17-12-6-7-13-18(17)23-21(19)14-8-2-1-3-9-14;1-2-6-10(7-3-1)11-8-4-5-9-12-11;/h1-8,10-13H;1-6,8-9H;/q2*-1;. The van der Waals surface area contributed by atoms with E-state index in [1.807, 2.05) is 115 Å². The Kier molecular flexibility index (Phi) is 7.13. The van der Waals surface area contributed by atoms with Crippen molar-refractivity contribution in [1.29, 1.82) is 0 Å². The fraction of sp³-hybridized carbons (Fsp3) is 0. The zero-order chi connectivity index (χ0) is 24.3. The first-order valence-electron chi connectivity index (χ1n) is 11.7. The fourth-order valence-corrected chi connectivity index (χ4v) is 4.55. The second kappa shape index (κ2) is 10.8. The summed E-state index contributed by atoms with van der Waals surface area (Å²) in [6, 6.07) is 43.4. The van der Waals surface area contributed by atoms with Crippen molar-refractivity contribution in [2.45, 2.75) is 0 Å². The molecule has 2 heterocycles. The molecule has 1 aliphatic rings. The van der Waals surface area contributed by atoms with Gasteiger partial charge in [0, 0.05) is 42.8 Å². The minimum atomic E-state index is 0. The third kappa shape index (κ3) is 4.65. The zero-order valence-corrected chi connectivity index (χ0v) is 22.1. The number of pyridine rings is 2. The van der Waals surface area contributed by atoms with Crippen molar-refractivity contribution in [3.63, 3.8) is 0 Å². The van der Waals surface area contributed by atoms with Gasteiger partial charge in [-0.05, 0) is 34.6 Å². The molecule has 0 N–H and O–H groups in total. The predicted octanol–water partition coefficient (Wildman–Crippen LogP) is 7.46. The Morgan fingerprint density at radius 3 is 1.95 bits per heavy atom. The van der Waals surface area contributed by atoms with Crippen LogP contribution in [0.15, 0.2) is 121 Å². The average molecular weight is 653 g/mol. The van der Waals surface area contributed by atoms with Gasteiger partial charge in [-0.3, -0.25) is 9.78 Å². The van der Waals surface area contributed by atoms with Gasteiger partial charge in [0.15, 0.2) is 5.78 Å². The van der Waals surface area contributed by atoms with Crippen LogP contribution in [0.5, 0.6) is 0 Å². The normalized spacial score (nSPS) is 11.1. The average Bonchev–Trinajstić information content (AvgIpc) is 3.27. The Morgan fingerprint density at radius 1 is 0.595 bits per heavy atom. The Bertz CT molecular complexity index is 1650. The molecule has 37 heavy (non-hydrogen) atoms. The number of hydrogen-bond acceptors (Lipinski definition) is 3. The van der Waals surface area contributed by atoms with E-state index in [1.165, 1.54) is 0 Å². The van der Waals surface area contributed by atoms with Crippen LogP contribution < -0.4 is 0 Å². The molecule has 0 spiro atoms. The molecular formula is C33H20IrN2O-2. The summed E-state index contributed by atoms with van der Waals surface area (Å²) in [6.07, 6.45) is 1.79. The number of hydrogen-bond donors (Lipinski definition) is 0. The van der Waals surface area contributed by atoms with Gasteiger partial charge in [-0.2, -0.15) is 0 Å². The van der Waals surface area contributed by atoms with Crippen LogP contribution in [0.25, 0.3) is 44.5 Å². The number of para-hydroxylation sites is 1. The van der Waals surface area contributed by atoms with Gasteiger partial charge in [0.05, 0.1) is 5.52 Å². The van der Waals surface area contributed by atoms with E-state index in [2.05, 4.69) is 17.1 Å². The number of carbonyl (C=O) groups excluding carboxylic acids is 1. The van der Waals surface area contributed by atoms with Gasteiger partial charge in [-0.1, -0.05) is 54.6 Å². The summed E-state index contributed by atoms with van der Waals surface area (Å²) >= 11 is 0. The van der Waals surface area contributed by atoms with Gasteiger partial charge < -0.3 is 4.98 Å². The molecule has 0 unspecified atom stereocenters. The van der Waals surface area contributed by atoms with Crippen molar-refractivity contribution in [1.82, 2.24) is 9.97 Å². The molecular weight excluding hydrogens is 633 g/mol. The van der Waals surface area contributed by atoms with Crippen molar-refractivity contribution in [2.75, 3.05) is 0 Å². The third-order valence-electron chi connectivity index (χ3n) is 6.17. The van der Waals surface area contributed by atoms with E-state index < -0.39 is 0 Å². The van der Waals surface area contributed by atoms with Crippen molar-refractivity contribution in [3.05, 3.63) is 145 Å². The minimum Gasteiger partial charge on any atom is -0.305 e. The van der Waals surface area contributed by atoms with Crippen molar-refractivity contribution in [2.24, 2.45) is 0 Å². The maximum atomic E-state index is 13.0. The topological polar surface area (TPSA) is 42.9 Å². The molecule has 4 aromatic carbocycles. The monoisotopic (exact) mass is 653 g/mol. The van der Waals surface area contributed by atoms with Gasteiger partial charge in [0.2, 0.25) is 0 Å². The second-order valence-corrected chi connectivity index (χ2v) is 8.37. The van der Waals surface area contributed by atoms with Gasteiger partial charge in [-0.15, -0.1) is 71.8 Å². The van der Waals surface area contributed by atoms with Crippen LogP contribution in [-0.4, -0.2) is 15.8 Å². The van der Waals surface area contributed by atoms with E-state index in [0.29, 0.717) is 0 Å². The molecule has 2 aromatic heterocycles. The zero-order valence-electron chi connectivity index (χ0n) is 19.7. The predicted molar refractivity (Wildman–Crippen MR) is 143 cm³/mol. The fourth-order valence-electron chi connectivity index (χ4n) is 4.55. The third-order valence-corrected chi connectivity index (χ3v) is 6.17. The quantitative estimate of drug-likeness (QED) is 0.182. The molecule has 0 amide bonds. The Balaban J connectivity index is 0.000000183. The van der Waals surface area contributed by atoms with Crippen LogP contribution in [0.3, 0.4) is 0 Å². The molecule has 0 fully saturated rings. The smallest absolute Gasteiger partial charge is 0.194 e. The number of fused-ring (bicyclic) bond motifs is 5. The second-order valence-electron chi connectivity index (χ2n) is 8.37. The van der Waals surface area contributed by atoms with E-state index in [-0.39, 0.29) is 25.9 Å². The van der Waals surface area contributed by atoms with E-state index in [9.17, 15) is 4.79 Å². The van der Waals surface area contributed by atoms with E-state index in [4.69, 9.17) is 4.98 Å². The van der Waals surface area contributed by atoms with E-state index in [1.54, 1.807) is 6.20 Å². The van der Waals surface area contributed by atoms with Crippen LogP contribution in [0.2, 0.25) is 0 Å². The van der Waals surface area contributed by atoms with Crippen LogP contribution in [0.1, 0.15) is 15.9 Å². The van der Waals surface area contributed by atoms with Gasteiger partial charge in [-0.25, -0.2) is 0 Å².